The summed E-state index contributed by atoms with van der Waals surface area (Å²) in [5, 5.41) is 10.3. The maximum absolute atomic E-state index is 12.6. The molecule has 0 spiro atoms. The molecule has 1 aliphatic heterocycles. The predicted octanol–water partition coefficient (Wildman–Crippen LogP) is 2.42. The summed E-state index contributed by atoms with van der Waals surface area (Å²) in [4.78, 5) is 28.3. The third-order valence-corrected chi connectivity index (χ3v) is 3.90. The van der Waals surface area contributed by atoms with Gasteiger partial charge in [0.1, 0.15) is 0 Å². The minimum Gasteiger partial charge on any atom is -0.377 e. The zero-order chi connectivity index (χ0) is 15.9. The van der Waals surface area contributed by atoms with Gasteiger partial charge in [-0.25, -0.2) is 0 Å². The maximum atomic E-state index is 12.6. The summed E-state index contributed by atoms with van der Waals surface area (Å²) in [6.45, 7) is 0.124. The van der Waals surface area contributed by atoms with E-state index in [1.165, 1.54) is 0 Å². The van der Waals surface area contributed by atoms with E-state index in [0.717, 1.165) is 16.0 Å². The SMILES string of the molecule is CN(C)c1ccc2c3c(cccc13)C(=O)N(CCC#N)C2=O. The van der Waals surface area contributed by atoms with Crippen molar-refractivity contribution in [1.82, 2.24) is 4.90 Å². The van der Waals surface area contributed by atoms with Gasteiger partial charge in [-0.2, -0.15) is 5.26 Å². The molecule has 0 saturated heterocycles. The largest absolute Gasteiger partial charge is 0.377 e. The van der Waals surface area contributed by atoms with Crippen LogP contribution in [0.3, 0.4) is 0 Å². The summed E-state index contributed by atoms with van der Waals surface area (Å²) < 4.78 is 0. The first-order chi connectivity index (χ1) is 10.6. The normalized spacial score (nSPS) is 13.4. The van der Waals surface area contributed by atoms with Gasteiger partial charge in [-0.3, -0.25) is 14.5 Å². The van der Waals surface area contributed by atoms with Crippen LogP contribution in [0.2, 0.25) is 0 Å². The van der Waals surface area contributed by atoms with Crippen molar-refractivity contribution < 1.29 is 9.59 Å². The molecule has 110 valence electrons. The van der Waals surface area contributed by atoms with Crippen molar-refractivity contribution >= 4 is 28.3 Å². The number of carbonyl (C=O) groups excluding carboxylic acids is 2. The summed E-state index contributed by atoms with van der Waals surface area (Å²) >= 11 is 0. The highest BCUT2D eigenvalue weighted by Gasteiger charge is 2.32. The van der Waals surface area contributed by atoms with Crippen LogP contribution in [0.25, 0.3) is 10.8 Å². The van der Waals surface area contributed by atoms with Gasteiger partial charge in [0.25, 0.3) is 11.8 Å². The van der Waals surface area contributed by atoms with Crippen LogP contribution in [0.1, 0.15) is 27.1 Å². The number of benzene rings is 2. The number of rotatable bonds is 3. The first-order valence-corrected chi connectivity index (χ1v) is 7.02. The summed E-state index contributed by atoms with van der Waals surface area (Å²) in [6, 6.07) is 11.1. The molecule has 5 heteroatoms. The first-order valence-electron chi connectivity index (χ1n) is 7.02. The maximum Gasteiger partial charge on any atom is 0.261 e. The van der Waals surface area contributed by atoms with Crippen molar-refractivity contribution in [3.8, 4) is 6.07 Å². The topological polar surface area (TPSA) is 64.4 Å². The predicted molar refractivity (Wildman–Crippen MR) is 83.9 cm³/mol. The van der Waals surface area contributed by atoms with Gasteiger partial charge in [-0.1, -0.05) is 12.1 Å². The van der Waals surface area contributed by atoms with E-state index in [9.17, 15) is 9.59 Å². The van der Waals surface area contributed by atoms with Crippen LogP contribution < -0.4 is 4.90 Å². The third-order valence-electron chi connectivity index (χ3n) is 3.90. The van der Waals surface area contributed by atoms with Crippen molar-refractivity contribution in [2.75, 3.05) is 25.5 Å². The van der Waals surface area contributed by atoms with Crippen LogP contribution in [0, 0.1) is 11.3 Å². The molecule has 0 N–H and O–H groups in total. The lowest BCUT2D eigenvalue weighted by Gasteiger charge is -2.28. The molecule has 3 rings (SSSR count). The van der Waals surface area contributed by atoms with Crippen LogP contribution >= 0.6 is 0 Å². The zero-order valence-electron chi connectivity index (χ0n) is 12.5. The molecule has 1 aliphatic rings. The van der Waals surface area contributed by atoms with E-state index in [2.05, 4.69) is 0 Å². The Hall–Kier alpha value is -2.87. The number of carbonyl (C=O) groups is 2. The second-order valence-electron chi connectivity index (χ2n) is 5.42. The summed E-state index contributed by atoms with van der Waals surface area (Å²) in [5.74, 6) is -0.650. The van der Waals surface area contributed by atoms with Gasteiger partial charge in [0.2, 0.25) is 0 Å². The molecule has 2 aromatic rings. The molecule has 1 heterocycles. The molecular weight excluding hydrogens is 278 g/mol. The van der Waals surface area contributed by atoms with Crippen LogP contribution in [-0.4, -0.2) is 37.4 Å². The van der Waals surface area contributed by atoms with Crippen LogP contribution in [0.4, 0.5) is 5.69 Å². The standard InChI is InChI=1S/C17H15N3O2/c1-19(2)14-8-7-13-15-11(14)5-3-6-12(15)16(21)20(17(13)22)10-4-9-18/h3,5-8H,4,10H2,1-2H3. The van der Waals surface area contributed by atoms with Gasteiger partial charge in [0, 0.05) is 48.2 Å². The lowest BCUT2D eigenvalue weighted by atomic mass is 9.92. The molecule has 0 unspecified atom stereocenters. The highest BCUT2D eigenvalue weighted by Crippen LogP contribution is 2.35. The van der Waals surface area contributed by atoms with E-state index in [0.29, 0.717) is 16.5 Å². The molecule has 0 aliphatic carbocycles. The molecule has 5 nitrogen and oxygen atoms in total. The van der Waals surface area contributed by atoms with E-state index in [4.69, 9.17) is 5.26 Å². The van der Waals surface area contributed by atoms with E-state index in [1.807, 2.05) is 43.3 Å². The van der Waals surface area contributed by atoms with E-state index in [-0.39, 0.29) is 24.8 Å². The molecule has 2 amide bonds. The van der Waals surface area contributed by atoms with Crippen LogP contribution in [0.5, 0.6) is 0 Å². The van der Waals surface area contributed by atoms with Gasteiger partial charge >= 0.3 is 0 Å². The van der Waals surface area contributed by atoms with Crippen molar-refractivity contribution in [3.05, 3.63) is 41.5 Å². The molecule has 0 radical (unpaired) electrons. The Morgan fingerprint density at radius 3 is 2.41 bits per heavy atom. The number of imide groups is 1. The number of nitrogens with zero attached hydrogens (tertiary/aromatic N) is 3. The average Bonchev–Trinajstić information content (AvgIpc) is 2.51. The second-order valence-corrected chi connectivity index (χ2v) is 5.42. The minimum absolute atomic E-state index is 0.124. The Morgan fingerprint density at radius 1 is 1.09 bits per heavy atom. The molecule has 0 bridgehead atoms. The van der Waals surface area contributed by atoms with Gasteiger partial charge < -0.3 is 4.90 Å². The summed E-state index contributed by atoms with van der Waals surface area (Å²) in [6.07, 6.45) is 0.137. The van der Waals surface area contributed by atoms with Gasteiger partial charge in [-0.15, -0.1) is 0 Å². The van der Waals surface area contributed by atoms with Crippen molar-refractivity contribution in [1.29, 1.82) is 5.26 Å². The number of nitriles is 1. The van der Waals surface area contributed by atoms with Crippen molar-refractivity contribution in [2.24, 2.45) is 0 Å². The lowest BCUT2D eigenvalue weighted by Crippen LogP contribution is -2.40. The highest BCUT2D eigenvalue weighted by molar-refractivity contribution is 6.26. The monoisotopic (exact) mass is 293 g/mol. The van der Waals surface area contributed by atoms with E-state index in [1.54, 1.807) is 12.1 Å². The molecule has 0 aromatic heterocycles. The third kappa shape index (κ3) is 1.92. The zero-order valence-corrected chi connectivity index (χ0v) is 12.5. The second kappa shape index (κ2) is 5.15. The molecule has 0 fully saturated rings. The Kier molecular flexibility index (Phi) is 3.30. The Balaban J connectivity index is 2.26. The van der Waals surface area contributed by atoms with Gasteiger partial charge in [0.05, 0.1) is 12.5 Å². The number of hydrogen-bond donors (Lipinski definition) is 0. The number of amides is 2. The smallest absolute Gasteiger partial charge is 0.261 e. The molecule has 0 atom stereocenters. The fraction of sp³-hybridized carbons (Fsp3) is 0.235. The number of anilines is 1. The Bertz CT molecular complexity index is 811. The van der Waals surface area contributed by atoms with Crippen LogP contribution in [0.15, 0.2) is 30.3 Å². The minimum atomic E-state index is -0.325. The van der Waals surface area contributed by atoms with Crippen LogP contribution in [-0.2, 0) is 0 Å². The Labute approximate surface area is 128 Å². The van der Waals surface area contributed by atoms with E-state index >= 15 is 0 Å². The van der Waals surface area contributed by atoms with Gasteiger partial charge in [-0.05, 0) is 18.2 Å². The Morgan fingerprint density at radius 2 is 1.77 bits per heavy atom. The molecular formula is C17H15N3O2. The van der Waals surface area contributed by atoms with Gasteiger partial charge in [0.15, 0.2) is 0 Å². The molecule has 2 aromatic carbocycles. The first kappa shape index (κ1) is 14.1. The quantitative estimate of drug-likeness (QED) is 0.815. The number of hydrogen-bond acceptors (Lipinski definition) is 4. The molecule has 22 heavy (non-hydrogen) atoms. The van der Waals surface area contributed by atoms with Crippen molar-refractivity contribution in [2.45, 2.75) is 6.42 Å². The fourth-order valence-electron chi connectivity index (χ4n) is 2.89. The molecule has 0 saturated carbocycles. The fourth-order valence-corrected chi connectivity index (χ4v) is 2.89. The highest BCUT2D eigenvalue weighted by atomic mass is 16.2. The average molecular weight is 293 g/mol. The summed E-state index contributed by atoms with van der Waals surface area (Å²) in [7, 11) is 3.85. The van der Waals surface area contributed by atoms with E-state index < -0.39 is 0 Å². The summed E-state index contributed by atoms with van der Waals surface area (Å²) in [5.41, 5.74) is 2.01. The lowest BCUT2D eigenvalue weighted by molar-refractivity contribution is 0.0614. The van der Waals surface area contributed by atoms with Crippen molar-refractivity contribution in [3.63, 3.8) is 0 Å².